The highest BCUT2D eigenvalue weighted by atomic mass is 19.1. The van der Waals surface area contributed by atoms with Gasteiger partial charge in [0.2, 0.25) is 5.91 Å². The lowest BCUT2D eigenvalue weighted by Gasteiger charge is -2.38. The van der Waals surface area contributed by atoms with Crippen molar-refractivity contribution in [3.63, 3.8) is 0 Å². The number of amides is 1. The summed E-state index contributed by atoms with van der Waals surface area (Å²) in [5.41, 5.74) is 0.523. The first kappa shape index (κ1) is 19.3. The first-order valence-electron chi connectivity index (χ1n) is 9.63. The molecular formula is C20H30FN3O2. The number of rotatable bonds is 6. The summed E-state index contributed by atoms with van der Waals surface area (Å²) in [4.78, 5) is 17.0. The van der Waals surface area contributed by atoms with E-state index in [-0.39, 0.29) is 30.5 Å². The fourth-order valence-corrected chi connectivity index (χ4v) is 4.12. The normalized spacial score (nSPS) is 27.6. The van der Waals surface area contributed by atoms with Crippen LogP contribution in [0.5, 0.6) is 0 Å². The number of morpholine rings is 1. The highest BCUT2D eigenvalue weighted by Gasteiger charge is 2.30. The van der Waals surface area contributed by atoms with Crippen LogP contribution < -0.4 is 5.32 Å². The molecule has 2 heterocycles. The molecule has 2 saturated heterocycles. The minimum atomic E-state index is -0.276. The minimum Gasteiger partial charge on any atom is -0.373 e. The quantitative estimate of drug-likeness (QED) is 0.840. The van der Waals surface area contributed by atoms with E-state index < -0.39 is 0 Å². The first-order chi connectivity index (χ1) is 12.5. The lowest BCUT2D eigenvalue weighted by molar-refractivity contribution is -0.123. The van der Waals surface area contributed by atoms with Gasteiger partial charge in [-0.1, -0.05) is 18.2 Å². The average molecular weight is 363 g/mol. The maximum absolute atomic E-state index is 13.7. The summed E-state index contributed by atoms with van der Waals surface area (Å²) < 4.78 is 19.5. The van der Waals surface area contributed by atoms with Gasteiger partial charge < -0.3 is 10.1 Å². The van der Waals surface area contributed by atoms with Crippen LogP contribution in [0.1, 0.15) is 32.3 Å². The number of halogens is 1. The summed E-state index contributed by atoms with van der Waals surface area (Å²) in [5, 5.41) is 2.85. The van der Waals surface area contributed by atoms with E-state index in [4.69, 9.17) is 4.74 Å². The topological polar surface area (TPSA) is 44.8 Å². The molecule has 0 radical (unpaired) electrons. The van der Waals surface area contributed by atoms with Gasteiger partial charge in [-0.2, -0.15) is 0 Å². The smallest absolute Gasteiger partial charge is 0.234 e. The lowest BCUT2D eigenvalue weighted by atomic mass is 10.1. The maximum atomic E-state index is 13.7. The molecule has 1 aromatic rings. The fraction of sp³-hybridized carbons (Fsp3) is 0.650. The van der Waals surface area contributed by atoms with E-state index in [2.05, 4.69) is 29.0 Å². The van der Waals surface area contributed by atoms with E-state index in [0.29, 0.717) is 18.2 Å². The molecule has 3 atom stereocenters. The van der Waals surface area contributed by atoms with Gasteiger partial charge in [-0.25, -0.2) is 4.39 Å². The first-order valence-corrected chi connectivity index (χ1v) is 9.63. The maximum Gasteiger partial charge on any atom is 0.234 e. The van der Waals surface area contributed by atoms with E-state index in [1.165, 1.54) is 6.07 Å². The van der Waals surface area contributed by atoms with Crippen LogP contribution in [0.25, 0.3) is 0 Å². The number of carbonyl (C=O) groups is 1. The molecule has 1 N–H and O–H groups in total. The van der Waals surface area contributed by atoms with E-state index >= 15 is 0 Å². The van der Waals surface area contributed by atoms with Crippen LogP contribution in [0, 0.1) is 5.82 Å². The zero-order valence-electron chi connectivity index (χ0n) is 15.8. The Morgan fingerprint density at radius 2 is 2.00 bits per heavy atom. The summed E-state index contributed by atoms with van der Waals surface area (Å²) in [6.45, 7) is 8.70. The molecule has 1 aromatic carbocycles. The predicted molar refractivity (Wildman–Crippen MR) is 99.3 cm³/mol. The number of benzene rings is 1. The monoisotopic (exact) mass is 363 g/mol. The Morgan fingerprint density at radius 3 is 2.73 bits per heavy atom. The zero-order chi connectivity index (χ0) is 18.5. The molecule has 0 spiro atoms. The van der Waals surface area contributed by atoms with Gasteiger partial charge in [0.15, 0.2) is 0 Å². The van der Waals surface area contributed by atoms with Gasteiger partial charge in [0.05, 0.1) is 18.8 Å². The second-order valence-corrected chi connectivity index (χ2v) is 7.61. The van der Waals surface area contributed by atoms with Crippen molar-refractivity contribution in [3.8, 4) is 0 Å². The largest absolute Gasteiger partial charge is 0.373 e. The van der Waals surface area contributed by atoms with Gasteiger partial charge in [-0.05, 0) is 39.3 Å². The molecule has 6 heteroatoms. The van der Waals surface area contributed by atoms with Gasteiger partial charge in [0, 0.05) is 37.8 Å². The molecule has 3 rings (SSSR count). The third kappa shape index (κ3) is 5.25. The van der Waals surface area contributed by atoms with Crippen molar-refractivity contribution in [2.75, 3.05) is 32.7 Å². The van der Waals surface area contributed by atoms with E-state index in [9.17, 15) is 9.18 Å². The van der Waals surface area contributed by atoms with Crippen LogP contribution in [0.2, 0.25) is 0 Å². The van der Waals surface area contributed by atoms with E-state index in [1.54, 1.807) is 18.2 Å². The lowest BCUT2D eigenvalue weighted by Crippen LogP contribution is -2.51. The van der Waals surface area contributed by atoms with Crippen molar-refractivity contribution in [1.82, 2.24) is 15.1 Å². The van der Waals surface area contributed by atoms with Crippen LogP contribution in [0.15, 0.2) is 24.3 Å². The van der Waals surface area contributed by atoms with Crippen LogP contribution in [-0.4, -0.2) is 66.7 Å². The standard InChI is InChI=1S/C20H30FN3O2/c1-15-11-23(12-16(2)26-15)13-18-7-5-9-24(18)14-20(25)22-10-17-6-3-4-8-19(17)21/h3-4,6,8,15-16,18H,5,7,9-14H2,1-2H3,(H,22,25)/t15-,16-,18-/m1/s1. The number of hydrogen-bond donors (Lipinski definition) is 1. The van der Waals surface area contributed by atoms with Gasteiger partial charge in [-0.3, -0.25) is 14.6 Å². The van der Waals surface area contributed by atoms with Gasteiger partial charge >= 0.3 is 0 Å². The number of ether oxygens (including phenoxy) is 1. The van der Waals surface area contributed by atoms with Crippen molar-refractivity contribution >= 4 is 5.91 Å². The van der Waals surface area contributed by atoms with E-state index in [0.717, 1.165) is 39.0 Å². The molecule has 2 aliphatic rings. The summed E-state index contributed by atoms with van der Waals surface area (Å²) in [6.07, 6.45) is 2.77. The molecular weight excluding hydrogens is 333 g/mol. The molecule has 5 nitrogen and oxygen atoms in total. The molecule has 0 unspecified atom stereocenters. The van der Waals surface area contributed by atoms with Crippen molar-refractivity contribution in [3.05, 3.63) is 35.6 Å². The zero-order valence-corrected chi connectivity index (χ0v) is 15.8. The Hall–Kier alpha value is -1.50. The molecule has 1 amide bonds. The minimum absolute atomic E-state index is 0.0381. The Bertz CT molecular complexity index is 602. The van der Waals surface area contributed by atoms with Gasteiger partial charge in [-0.15, -0.1) is 0 Å². The Balaban J connectivity index is 1.47. The second-order valence-electron chi connectivity index (χ2n) is 7.61. The van der Waals surface area contributed by atoms with Crippen molar-refractivity contribution < 1.29 is 13.9 Å². The number of nitrogens with one attached hydrogen (secondary N) is 1. The van der Waals surface area contributed by atoms with E-state index in [1.807, 2.05) is 0 Å². The van der Waals surface area contributed by atoms with Crippen LogP contribution in [0.4, 0.5) is 4.39 Å². The Kier molecular flexibility index (Phi) is 6.62. The number of hydrogen-bond acceptors (Lipinski definition) is 4. The number of carbonyl (C=O) groups excluding carboxylic acids is 1. The summed E-state index contributed by atoms with van der Waals surface area (Å²) in [6, 6.07) is 6.97. The SMILES string of the molecule is C[C@@H]1CN(C[C@H]2CCCN2CC(=O)NCc2ccccc2F)C[C@@H](C)O1. The Labute approximate surface area is 155 Å². The highest BCUT2D eigenvalue weighted by molar-refractivity contribution is 5.78. The van der Waals surface area contributed by atoms with Crippen LogP contribution in [-0.2, 0) is 16.1 Å². The average Bonchev–Trinajstić information content (AvgIpc) is 3.00. The molecule has 2 fully saturated rings. The summed E-state index contributed by atoms with van der Waals surface area (Å²) in [5.74, 6) is -0.314. The van der Waals surface area contributed by atoms with Crippen LogP contribution in [0.3, 0.4) is 0 Å². The highest BCUT2D eigenvalue weighted by Crippen LogP contribution is 2.20. The molecule has 0 aliphatic carbocycles. The number of nitrogens with zero attached hydrogens (tertiary/aromatic N) is 2. The van der Waals surface area contributed by atoms with Crippen LogP contribution >= 0.6 is 0 Å². The predicted octanol–water partition coefficient (Wildman–Crippen LogP) is 2.02. The van der Waals surface area contributed by atoms with Crippen molar-refractivity contribution in [2.45, 2.75) is 51.5 Å². The Morgan fingerprint density at radius 1 is 1.27 bits per heavy atom. The molecule has 0 bridgehead atoms. The fourth-order valence-electron chi connectivity index (χ4n) is 4.12. The van der Waals surface area contributed by atoms with Gasteiger partial charge in [0.1, 0.15) is 5.82 Å². The van der Waals surface area contributed by atoms with Crippen molar-refractivity contribution in [1.29, 1.82) is 0 Å². The molecule has 0 aromatic heterocycles. The summed E-state index contributed by atoms with van der Waals surface area (Å²) in [7, 11) is 0. The summed E-state index contributed by atoms with van der Waals surface area (Å²) >= 11 is 0. The molecule has 26 heavy (non-hydrogen) atoms. The number of likely N-dealkylation sites (tertiary alicyclic amines) is 1. The second kappa shape index (κ2) is 8.93. The molecule has 0 saturated carbocycles. The van der Waals surface area contributed by atoms with Crippen molar-refractivity contribution in [2.24, 2.45) is 0 Å². The molecule has 2 aliphatic heterocycles. The molecule has 144 valence electrons. The van der Waals surface area contributed by atoms with Gasteiger partial charge in [0.25, 0.3) is 0 Å². The third-order valence-electron chi connectivity index (χ3n) is 5.24. The third-order valence-corrected chi connectivity index (χ3v) is 5.24.